The zero-order chi connectivity index (χ0) is 7.68. The number of hydrogen-bond donors (Lipinski definition) is 1. The fourth-order valence-corrected chi connectivity index (χ4v) is 1.10. The lowest BCUT2D eigenvalue weighted by molar-refractivity contribution is -0.254. The molecule has 0 atom stereocenters. The molecule has 3 N–H and O–H groups in total. The first kappa shape index (κ1) is 6.21. The monoisotopic (exact) mass is 142 g/mol. The van der Waals surface area contributed by atoms with Crippen LogP contribution in [-0.4, -0.2) is 0 Å². The Bertz CT molecular complexity index is 470. The summed E-state index contributed by atoms with van der Waals surface area (Å²) in [6.07, 6.45) is 3.73. The van der Waals surface area contributed by atoms with E-state index in [2.05, 4.69) is 17.2 Å². The lowest BCUT2D eigenvalue weighted by Crippen LogP contribution is -2.42. The second kappa shape index (κ2) is 2.26. The van der Waals surface area contributed by atoms with Crippen molar-refractivity contribution in [3.8, 4) is 0 Å². The first-order valence-corrected chi connectivity index (χ1v) is 3.50. The van der Waals surface area contributed by atoms with Crippen LogP contribution in [0, 0.1) is 0 Å². The van der Waals surface area contributed by atoms with Gasteiger partial charge in [0.1, 0.15) is 5.69 Å². The summed E-state index contributed by atoms with van der Waals surface area (Å²) in [5.74, 6) is 0. The standard InChI is InChI=1S/C10H7N/c11-10-6-5-8-3-1-2-4-9(8)7-10/h1-2,5-7H,11H2/p+1. The van der Waals surface area contributed by atoms with Crippen LogP contribution in [0.3, 0.4) is 0 Å². The van der Waals surface area contributed by atoms with Crippen LogP contribution in [0.1, 0.15) is 0 Å². The van der Waals surface area contributed by atoms with Gasteiger partial charge in [0.2, 0.25) is 0 Å². The number of fused-ring (bicyclic) bond motifs is 1. The van der Waals surface area contributed by atoms with Gasteiger partial charge in [0.15, 0.2) is 0 Å². The van der Waals surface area contributed by atoms with Gasteiger partial charge in [-0.05, 0) is 18.2 Å². The minimum Gasteiger partial charge on any atom is -0.325 e. The number of benzene rings is 1. The second-order valence-electron chi connectivity index (χ2n) is 2.50. The normalized spacial score (nSPS) is 11.7. The van der Waals surface area contributed by atoms with Crippen molar-refractivity contribution in [2.45, 2.75) is 0 Å². The highest BCUT2D eigenvalue weighted by atomic mass is 14.5. The molecular weight excluding hydrogens is 134 g/mol. The van der Waals surface area contributed by atoms with Crippen LogP contribution in [0.2, 0.25) is 0 Å². The van der Waals surface area contributed by atoms with E-state index in [-0.39, 0.29) is 0 Å². The van der Waals surface area contributed by atoms with Crippen molar-refractivity contribution in [1.82, 2.24) is 0 Å². The minimum absolute atomic E-state index is 1.02. The van der Waals surface area contributed by atoms with Crippen LogP contribution in [0.15, 0.2) is 30.4 Å². The summed E-state index contributed by atoms with van der Waals surface area (Å²) in [5, 5.41) is 2.18. The van der Waals surface area contributed by atoms with E-state index in [4.69, 9.17) is 0 Å². The molecule has 0 radical (unpaired) electrons. The van der Waals surface area contributed by atoms with Gasteiger partial charge in [0, 0.05) is 22.6 Å². The number of hydrogen-bond acceptors (Lipinski definition) is 0. The van der Waals surface area contributed by atoms with E-state index >= 15 is 0 Å². The van der Waals surface area contributed by atoms with Gasteiger partial charge in [-0.2, -0.15) is 0 Å². The average Bonchev–Trinajstić information content (AvgIpc) is 2.04. The Morgan fingerprint density at radius 2 is 1.73 bits per heavy atom. The third-order valence-electron chi connectivity index (χ3n) is 1.64. The largest absolute Gasteiger partial charge is 0.325 e. The molecule has 0 saturated carbocycles. The average molecular weight is 142 g/mol. The molecule has 1 aromatic carbocycles. The third-order valence-corrected chi connectivity index (χ3v) is 1.64. The molecule has 2 rings (SSSR count). The molecule has 0 aliphatic heterocycles. The van der Waals surface area contributed by atoms with Gasteiger partial charge in [-0.15, -0.1) is 11.5 Å². The van der Waals surface area contributed by atoms with Gasteiger partial charge in [0.05, 0.1) is 0 Å². The zero-order valence-electron chi connectivity index (χ0n) is 6.09. The van der Waals surface area contributed by atoms with E-state index in [1.54, 1.807) is 0 Å². The van der Waals surface area contributed by atoms with Gasteiger partial charge in [0.25, 0.3) is 0 Å². The maximum Gasteiger partial charge on any atom is 0.129 e. The molecular formula is C10H8N+. The highest BCUT2D eigenvalue weighted by molar-refractivity contribution is 5.43. The first-order chi connectivity index (χ1) is 5.36. The Kier molecular flexibility index (Phi) is 1.28. The van der Waals surface area contributed by atoms with Crippen molar-refractivity contribution in [1.29, 1.82) is 0 Å². The third kappa shape index (κ3) is 1.04. The highest BCUT2D eigenvalue weighted by Crippen LogP contribution is 1.87. The van der Waals surface area contributed by atoms with Crippen molar-refractivity contribution in [3.63, 3.8) is 0 Å². The predicted octanol–water partition coefficient (Wildman–Crippen LogP) is -0.555. The minimum atomic E-state index is 1.02. The van der Waals surface area contributed by atoms with E-state index < -0.39 is 0 Å². The van der Waals surface area contributed by atoms with Crippen LogP contribution < -0.4 is 16.2 Å². The van der Waals surface area contributed by atoms with Gasteiger partial charge in [-0.3, -0.25) is 0 Å². The quantitative estimate of drug-likeness (QED) is 0.503. The molecule has 1 aromatic rings. The molecule has 1 aliphatic rings. The van der Waals surface area contributed by atoms with Crippen molar-refractivity contribution in [3.05, 3.63) is 40.8 Å². The van der Waals surface area contributed by atoms with Crippen LogP contribution in [0.5, 0.6) is 0 Å². The lowest BCUT2D eigenvalue weighted by atomic mass is 10.2. The molecule has 0 aromatic heterocycles. The summed E-state index contributed by atoms with van der Waals surface area (Å²) in [6.45, 7) is 0. The molecule has 0 spiro atoms. The molecule has 1 aliphatic carbocycles. The molecule has 0 unspecified atom stereocenters. The summed E-state index contributed by atoms with van der Waals surface area (Å²) >= 11 is 0. The highest BCUT2D eigenvalue weighted by Gasteiger charge is 1.89. The van der Waals surface area contributed by atoms with Gasteiger partial charge in [-0.1, -0.05) is 0 Å². The maximum atomic E-state index is 3.84. The Labute approximate surface area is 64.5 Å². The van der Waals surface area contributed by atoms with E-state index in [1.807, 2.05) is 30.4 Å². The molecule has 0 amide bonds. The van der Waals surface area contributed by atoms with Crippen molar-refractivity contribution < 1.29 is 5.73 Å². The van der Waals surface area contributed by atoms with E-state index in [0.717, 1.165) is 16.1 Å². The summed E-state index contributed by atoms with van der Waals surface area (Å²) in [7, 11) is 0. The van der Waals surface area contributed by atoms with Crippen LogP contribution in [0.4, 0.5) is 5.69 Å². The molecule has 0 heterocycles. The smallest absolute Gasteiger partial charge is 0.129 e. The van der Waals surface area contributed by atoms with Gasteiger partial charge < -0.3 is 5.73 Å². The lowest BCUT2D eigenvalue weighted by Gasteiger charge is -1.87. The summed E-state index contributed by atoms with van der Waals surface area (Å²) in [4.78, 5) is 0. The first-order valence-electron chi connectivity index (χ1n) is 3.50. The molecule has 52 valence electrons. The van der Waals surface area contributed by atoms with Gasteiger partial charge in [-0.25, -0.2) is 0 Å². The number of allylic oxidation sites excluding steroid dienone is 2. The molecule has 0 fully saturated rings. The van der Waals surface area contributed by atoms with Crippen LogP contribution in [0.25, 0.3) is 11.5 Å². The Morgan fingerprint density at radius 3 is 2.55 bits per heavy atom. The molecule has 11 heavy (non-hydrogen) atoms. The van der Waals surface area contributed by atoms with E-state index in [1.165, 1.54) is 0 Å². The topological polar surface area (TPSA) is 27.6 Å². The SMILES string of the molecule is [NH3+]c1ccc2c(c1)=C=CC=C=2. The summed E-state index contributed by atoms with van der Waals surface area (Å²) in [6, 6.07) is 5.99. The van der Waals surface area contributed by atoms with E-state index in [0.29, 0.717) is 0 Å². The number of quaternary nitrogens is 1. The maximum absolute atomic E-state index is 3.84. The molecule has 1 heteroatoms. The predicted molar refractivity (Wildman–Crippen MR) is 44.2 cm³/mol. The fourth-order valence-electron chi connectivity index (χ4n) is 1.10. The molecule has 1 nitrogen and oxygen atoms in total. The Hall–Kier alpha value is -1.52. The Balaban J connectivity index is 3.05. The van der Waals surface area contributed by atoms with Gasteiger partial charge >= 0.3 is 0 Å². The van der Waals surface area contributed by atoms with Crippen molar-refractivity contribution in [2.24, 2.45) is 0 Å². The van der Waals surface area contributed by atoms with Crippen LogP contribution in [-0.2, 0) is 0 Å². The second-order valence-corrected chi connectivity index (χ2v) is 2.50. The molecule has 0 saturated heterocycles. The summed E-state index contributed by atoms with van der Waals surface area (Å²) < 4.78 is 0. The fraction of sp³-hybridized carbons (Fsp3) is 0. The van der Waals surface area contributed by atoms with Crippen LogP contribution >= 0.6 is 0 Å². The van der Waals surface area contributed by atoms with Crippen molar-refractivity contribution in [2.75, 3.05) is 0 Å². The number of rotatable bonds is 0. The zero-order valence-corrected chi connectivity index (χ0v) is 6.09. The summed E-state index contributed by atoms with van der Waals surface area (Å²) in [5.41, 5.74) is 11.1. The van der Waals surface area contributed by atoms with Crippen molar-refractivity contribution >= 4 is 17.1 Å². The van der Waals surface area contributed by atoms with E-state index in [9.17, 15) is 0 Å². The molecule has 0 bridgehead atoms. The Morgan fingerprint density at radius 1 is 1.00 bits per heavy atom.